The summed E-state index contributed by atoms with van der Waals surface area (Å²) in [5, 5.41) is 3.31. The van der Waals surface area contributed by atoms with E-state index in [0.717, 1.165) is 18.7 Å². The van der Waals surface area contributed by atoms with Crippen molar-refractivity contribution in [2.24, 2.45) is 5.92 Å². The maximum Gasteiger partial charge on any atom is 0.246 e. The average Bonchev–Trinajstić information content (AvgIpc) is 3.13. The molecule has 0 unspecified atom stereocenters. The van der Waals surface area contributed by atoms with Crippen LogP contribution in [0.2, 0.25) is 0 Å². The maximum atomic E-state index is 12.5. The Kier molecular flexibility index (Phi) is 3.16. The van der Waals surface area contributed by atoms with Gasteiger partial charge in [0.1, 0.15) is 6.04 Å². The third-order valence-corrected chi connectivity index (χ3v) is 3.84. The molecule has 1 fully saturated rings. The van der Waals surface area contributed by atoms with Gasteiger partial charge in [0, 0.05) is 18.7 Å². The molecule has 3 rings (SSSR count). The lowest BCUT2D eigenvalue weighted by Crippen LogP contribution is -2.43. The van der Waals surface area contributed by atoms with Gasteiger partial charge in [0.2, 0.25) is 5.91 Å². The van der Waals surface area contributed by atoms with Crippen molar-refractivity contribution in [2.75, 3.05) is 18.4 Å². The van der Waals surface area contributed by atoms with Crippen molar-refractivity contribution in [3.05, 3.63) is 29.8 Å². The number of amides is 1. The number of terminal acetylenes is 1. The van der Waals surface area contributed by atoms with Gasteiger partial charge in [-0.25, -0.2) is 0 Å². The first kappa shape index (κ1) is 12.1. The number of nitrogens with one attached hydrogen (secondary N) is 1. The van der Waals surface area contributed by atoms with E-state index in [1.54, 1.807) is 0 Å². The minimum atomic E-state index is -0.149. The number of anilines is 1. The number of carbonyl (C=O) groups excluding carboxylic acids is 1. The number of fused-ring (bicyclic) bond motifs is 1. The van der Waals surface area contributed by atoms with Crippen molar-refractivity contribution in [1.82, 2.24) is 4.90 Å². The van der Waals surface area contributed by atoms with Crippen LogP contribution in [-0.2, 0) is 11.2 Å². The van der Waals surface area contributed by atoms with Crippen molar-refractivity contribution >= 4 is 11.6 Å². The Hall–Kier alpha value is -1.95. The molecule has 19 heavy (non-hydrogen) atoms. The summed E-state index contributed by atoms with van der Waals surface area (Å²) in [5.74, 6) is 3.41. The molecule has 1 atom stereocenters. The SMILES string of the molecule is C#CCN(CC1CC1)C(=O)[C@@H]1Cc2ccccc2N1. The van der Waals surface area contributed by atoms with Crippen molar-refractivity contribution in [1.29, 1.82) is 0 Å². The molecule has 1 N–H and O–H groups in total. The minimum absolute atomic E-state index is 0.140. The molecule has 0 aromatic heterocycles. The highest BCUT2D eigenvalue weighted by Gasteiger charge is 2.32. The fourth-order valence-electron chi connectivity index (χ4n) is 2.62. The first-order valence-electron chi connectivity index (χ1n) is 6.84. The van der Waals surface area contributed by atoms with Gasteiger partial charge < -0.3 is 10.2 Å². The van der Waals surface area contributed by atoms with E-state index in [-0.39, 0.29) is 11.9 Å². The molecule has 1 heterocycles. The summed E-state index contributed by atoms with van der Waals surface area (Å²) in [6.07, 6.45) is 8.60. The zero-order valence-corrected chi connectivity index (χ0v) is 10.9. The summed E-state index contributed by atoms with van der Waals surface area (Å²) < 4.78 is 0. The Bertz CT molecular complexity index is 503. The predicted molar refractivity (Wildman–Crippen MR) is 75.7 cm³/mol. The normalized spacial score (nSPS) is 20.3. The van der Waals surface area contributed by atoms with Crippen LogP contribution in [0.1, 0.15) is 18.4 Å². The zero-order chi connectivity index (χ0) is 13.2. The second-order valence-electron chi connectivity index (χ2n) is 5.42. The lowest BCUT2D eigenvalue weighted by molar-refractivity contribution is -0.131. The van der Waals surface area contributed by atoms with E-state index in [2.05, 4.69) is 17.3 Å². The molecule has 3 nitrogen and oxygen atoms in total. The maximum absolute atomic E-state index is 12.5. The Balaban J connectivity index is 1.68. The molecule has 0 bridgehead atoms. The molecule has 1 aromatic rings. The molecular formula is C16H18N2O. The van der Waals surface area contributed by atoms with Crippen LogP contribution in [0.3, 0.4) is 0 Å². The van der Waals surface area contributed by atoms with Gasteiger partial charge in [-0.3, -0.25) is 4.79 Å². The summed E-state index contributed by atoms with van der Waals surface area (Å²) in [4.78, 5) is 14.4. The van der Waals surface area contributed by atoms with Crippen LogP contribution in [-0.4, -0.2) is 29.9 Å². The van der Waals surface area contributed by atoms with Crippen molar-refractivity contribution in [3.8, 4) is 12.3 Å². The molecule has 0 spiro atoms. The fourth-order valence-corrected chi connectivity index (χ4v) is 2.62. The highest BCUT2D eigenvalue weighted by molar-refractivity contribution is 5.87. The number of nitrogens with zero attached hydrogens (tertiary/aromatic N) is 1. The number of para-hydroxylation sites is 1. The molecule has 1 aliphatic carbocycles. The monoisotopic (exact) mass is 254 g/mol. The van der Waals surface area contributed by atoms with Gasteiger partial charge in [-0.05, 0) is 30.4 Å². The number of hydrogen-bond donors (Lipinski definition) is 1. The average molecular weight is 254 g/mol. The Morgan fingerprint density at radius 3 is 2.89 bits per heavy atom. The number of carbonyl (C=O) groups is 1. The third-order valence-electron chi connectivity index (χ3n) is 3.84. The van der Waals surface area contributed by atoms with Crippen molar-refractivity contribution in [2.45, 2.75) is 25.3 Å². The van der Waals surface area contributed by atoms with Gasteiger partial charge in [0.15, 0.2) is 0 Å². The molecule has 1 aliphatic heterocycles. The molecule has 2 aliphatic rings. The van der Waals surface area contributed by atoms with Crippen LogP contribution in [0, 0.1) is 18.3 Å². The molecular weight excluding hydrogens is 236 g/mol. The van der Waals surface area contributed by atoms with Gasteiger partial charge in [0.25, 0.3) is 0 Å². The molecule has 0 saturated heterocycles. The minimum Gasteiger partial charge on any atom is -0.373 e. The Labute approximate surface area is 114 Å². The van der Waals surface area contributed by atoms with Crippen molar-refractivity contribution < 1.29 is 4.79 Å². The van der Waals surface area contributed by atoms with Gasteiger partial charge in [-0.15, -0.1) is 6.42 Å². The zero-order valence-electron chi connectivity index (χ0n) is 10.9. The molecule has 0 radical (unpaired) electrons. The van der Waals surface area contributed by atoms with Gasteiger partial charge in [-0.1, -0.05) is 24.1 Å². The van der Waals surface area contributed by atoms with E-state index in [0.29, 0.717) is 12.5 Å². The largest absolute Gasteiger partial charge is 0.373 e. The lowest BCUT2D eigenvalue weighted by atomic mass is 10.1. The first-order chi connectivity index (χ1) is 9.28. The van der Waals surface area contributed by atoms with Crippen LogP contribution in [0.5, 0.6) is 0 Å². The predicted octanol–water partition coefficient (Wildman–Crippen LogP) is 1.89. The smallest absolute Gasteiger partial charge is 0.246 e. The van der Waals surface area contributed by atoms with Gasteiger partial charge in [-0.2, -0.15) is 0 Å². The first-order valence-corrected chi connectivity index (χ1v) is 6.84. The van der Waals surface area contributed by atoms with Crippen LogP contribution < -0.4 is 5.32 Å². The number of rotatable bonds is 4. The summed E-state index contributed by atoms with van der Waals surface area (Å²) in [6.45, 7) is 1.24. The summed E-state index contributed by atoms with van der Waals surface area (Å²) in [6, 6.07) is 7.94. The van der Waals surface area contributed by atoms with Crippen LogP contribution in [0.25, 0.3) is 0 Å². The second-order valence-corrected chi connectivity index (χ2v) is 5.42. The molecule has 1 amide bonds. The molecule has 98 valence electrons. The number of benzene rings is 1. The van der Waals surface area contributed by atoms with Crippen LogP contribution >= 0.6 is 0 Å². The summed E-state index contributed by atoms with van der Waals surface area (Å²) >= 11 is 0. The molecule has 1 aromatic carbocycles. The van der Waals surface area contributed by atoms with E-state index in [9.17, 15) is 4.79 Å². The van der Waals surface area contributed by atoms with Gasteiger partial charge in [0.05, 0.1) is 6.54 Å². The van der Waals surface area contributed by atoms with E-state index in [1.165, 1.54) is 18.4 Å². The van der Waals surface area contributed by atoms with E-state index < -0.39 is 0 Å². The van der Waals surface area contributed by atoms with E-state index in [4.69, 9.17) is 6.42 Å². The fraction of sp³-hybridized carbons (Fsp3) is 0.438. The lowest BCUT2D eigenvalue weighted by Gasteiger charge is -2.23. The Morgan fingerprint density at radius 2 is 2.21 bits per heavy atom. The van der Waals surface area contributed by atoms with Crippen molar-refractivity contribution in [3.63, 3.8) is 0 Å². The topological polar surface area (TPSA) is 32.3 Å². The summed E-state index contributed by atoms with van der Waals surface area (Å²) in [7, 11) is 0. The van der Waals surface area contributed by atoms with E-state index >= 15 is 0 Å². The highest BCUT2D eigenvalue weighted by Crippen LogP contribution is 2.31. The molecule has 1 saturated carbocycles. The standard InChI is InChI=1S/C16H18N2O/c1-2-9-18(11-12-7-8-12)16(19)15-10-13-5-3-4-6-14(13)17-15/h1,3-6,12,15,17H,7-11H2/t15-/m0/s1. The second kappa shape index (κ2) is 4.97. The van der Waals surface area contributed by atoms with Crippen LogP contribution in [0.15, 0.2) is 24.3 Å². The number of hydrogen-bond acceptors (Lipinski definition) is 2. The van der Waals surface area contributed by atoms with E-state index in [1.807, 2.05) is 23.1 Å². The highest BCUT2D eigenvalue weighted by atomic mass is 16.2. The summed E-state index contributed by atoms with van der Waals surface area (Å²) in [5.41, 5.74) is 2.29. The quantitative estimate of drug-likeness (QED) is 0.832. The third kappa shape index (κ3) is 2.58. The van der Waals surface area contributed by atoms with Crippen LogP contribution in [0.4, 0.5) is 5.69 Å². The van der Waals surface area contributed by atoms with Gasteiger partial charge >= 0.3 is 0 Å². The molecule has 3 heteroatoms. The Morgan fingerprint density at radius 1 is 1.42 bits per heavy atom.